The first kappa shape index (κ1) is 8.16. The van der Waals surface area contributed by atoms with Crippen LogP contribution in [0.3, 0.4) is 0 Å². The van der Waals surface area contributed by atoms with Gasteiger partial charge in [0.2, 0.25) is 0 Å². The summed E-state index contributed by atoms with van der Waals surface area (Å²) < 4.78 is 5.33. The quantitative estimate of drug-likeness (QED) is 0.627. The van der Waals surface area contributed by atoms with Crippen molar-refractivity contribution in [3.63, 3.8) is 0 Å². The van der Waals surface area contributed by atoms with Gasteiger partial charge in [-0.15, -0.1) is 0 Å². The molecule has 1 aromatic carbocycles. The van der Waals surface area contributed by atoms with Gasteiger partial charge in [0, 0.05) is 5.22 Å². The average Bonchev–Trinajstić information content (AvgIpc) is 2.78. The van der Waals surface area contributed by atoms with Crippen LogP contribution in [0.5, 0.6) is 0 Å². The summed E-state index contributed by atoms with van der Waals surface area (Å²) in [5.41, 5.74) is 2.57. The van der Waals surface area contributed by atoms with Gasteiger partial charge < -0.3 is 4.74 Å². The average molecular weight is 210 g/mol. The molecule has 0 aromatic heterocycles. The minimum absolute atomic E-state index is 0.576. The lowest BCUT2D eigenvalue weighted by atomic mass is 10.0. The van der Waals surface area contributed by atoms with E-state index in [1.54, 1.807) is 6.26 Å². The Morgan fingerprint density at radius 1 is 1.31 bits per heavy atom. The minimum atomic E-state index is 0.576. The van der Waals surface area contributed by atoms with Crippen molar-refractivity contribution >= 4 is 5.70 Å². The van der Waals surface area contributed by atoms with Crippen LogP contribution in [-0.2, 0) is 11.2 Å². The molecule has 0 N–H and O–H groups in total. The lowest BCUT2D eigenvalue weighted by Gasteiger charge is -2.24. The second kappa shape index (κ2) is 2.76. The van der Waals surface area contributed by atoms with E-state index >= 15 is 0 Å². The van der Waals surface area contributed by atoms with Crippen LogP contribution < -0.4 is 10.6 Å². The summed E-state index contributed by atoms with van der Waals surface area (Å²) >= 11 is 0. The maximum atomic E-state index is 5.33. The first-order valence-corrected chi connectivity index (χ1v) is 5.40. The number of ether oxygens (including phenoxy) is 1. The van der Waals surface area contributed by atoms with Crippen molar-refractivity contribution < 1.29 is 4.74 Å². The number of hydrogen-bond donors (Lipinski definition) is 0. The third kappa shape index (κ3) is 0.902. The molecule has 1 aliphatic carbocycles. The van der Waals surface area contributed by atoms with E-state index in [4.69, 9.17) is 4.74 Å². The highest BCUT2D eigenvalue weighted by atomic mass is 16.5. The van der Waals surface area contributed by atoms with Crippen LogP contribution in [0.25, 0.3) is 5.70 Å². The molecular weight excluding hydrogens is 200 g/mol. The fourth-order valence-electron chi connectivity index (χ4n) is 2.47. The predicted molar refractivity (Wildman–Crippen MR) is 59.3 cm³/mol. The standard InChI is InChI=1S/C13H10N2O/c1-3-9-4-2-6-11-13(9)10(5-1)14-12-7-16-8-15(11)12/h1-3,5-7H,4,8H2. The summed E-state index contributed by atoms with van der Waals surface area (Å²) in [6.45, 7) is 0.576. The molecule has 0 bridgehead atoms. The van der Waals surface area contributed by atoms with Crippen LogP contribution in [0.1, 0.15) is 5.56 Å². The van der Waals surface area contributed by atoms with Crippen LogP contribution in [0, 0.1) is 0 Å². The summed E-state index contributed by atoms with van der Waals surface area (Å²) in [7, 11) is 0. The molecule has 16 heavy (non-hydrogen) atoms. The fraction of sp³-hybridized carbons (Fsp3) is 0.154. The van der Waals surface area contributed by atoms with E-state index in [1.165, 1.54) is 16.5 Å². The lowest BCUT2D eigenvalue weighted by Crippen LogP contribution is -2.41. The normalized spacial score (nSPS) is 19.6. The molecule has 78 valence electrons. The van der Waals surface area contributed by atoms with Crippen molar-refractivity contribution in [2.75, 3.05) is 6.73 Å². The van der Waals surface area contributed by atoms with E-state index in [2.05, 4.69) is 40.2 Å². The largest absolute Gasteiger partial charge is 0.476 e. The molecule has 3 aliphatic rings. The minimum Gasteiger partial charge on any atom is -0.476 e. The number of allylic oxidation sites excluding steroid dienone is 1. The lowest BCUT2D eigenvalue weighted by molar-refractivity contribution is 0.206. The van der Waals surface area contributed by atoms with Crippen molar-refractivity contribution in [1.29, 1.82) is 0 Å². The molecule has 0 amide bonds. The van der Waals surface area contributed by atoms with Crippen molar-refractivity contribution in [3.8, 4) is 0 Å². The summed E-state index contributed by atoms with van der Waals surface area (Å²) in [5, 5.41) is 2.33. The summed E-state index contributed by atoms with van der Waals surface area (Å²) in [6.07, 6.45) is 7.09. The highest BCUT2D eigenvalue weighted by Gasteiger charge is 2.24. The van der Waals surface area contributed by atoms with E-state index in [-0.39, 0.29) is 0 Å². The Bertz CT molecular complexity index is 655. The Kier molecular flexibility index (Phi) is 1.41. The molecule has 0 radical (unpaired) electrons. The molecule has 0 spiro atoms. The molecule has 0 unspecified atom stereocenters. The predicted octanol–water partition coefficient (Wildman–Crippen LogP) is 0.629. The first-order valence-electron chi connectivity index (χ1n) is 5.40. The highest BCUT2D eigenvalue weighted by molar-refractivity contribution is 5.61. The zero-order valence-corrected chi connectivity index (χ0v) is 8.68. The van der Waals surface area contributed by atoms with Gasteiger partial charge in [-0.25, -0.2) is 4.99 Å². The molecule has 0 saturated carbocycles. The number of rotatable bonds is 0. The molecule has 1 aromatic rings. The van der Waals surface area contributed by atoms with Crippen LogP contribution in [0.15, 0.2) is 47.4 Å². The number of benzene rings is 1. The zero-order chi connectivity index (χ0) is 10.5. The Morgan fingerprint density at radius 2 is 2.31 bits per heavy atom. The summed E-state index contributed by atoms with van der Waals surface area (Å²) in [6, 6.07) is 6.30. The van der Waals surface area contributed by atoms with Crippen LogP contribution in [-0.4, -0.2) is 11.6 Å². The first-order chi connectivity index (χ1) is 7.93. The van der Waals surface area contributed by atoms with Gasteiger partial charge in [-0.05, 0) is 24.1 Å². The molecule has 2 aliphatic heterocycles. The molecule has 3 nitrogen and oxygen atoms in total. The Balaban J connectivity index is 2.20. The SMILES string of the molecule is C1=CC2=c3c(cccc3=NC3=COCN32)C1. The Labute approximate surface area is 92.7 Å². The van der Waals surface area contributed by atoms with E-state index in [1.807, 2.05) is 0 Å². The van der Waals surface area contributed by atoms with Crippen molar-refractivity contribution in [2.45, 2.75) is 6.42 Å². The Morgan fingerprint density at radius 3 is 3.31 bits per heavy atom. The summed E-state index contributed by atoms with van der Waals surface area (Å²) in [4.78, 5) is 6.72. The van der Waals surface area contributed by atoms with Crippen molar-refractivity contribution in [1.82, 2.24) is 4.90 Å². The number of hydrogen-bond acceptors (Lipinski definition) is 3. The smallest absolute Gasteiger partial charge is 0.171 e. The van der Waals surface area contributed by atoms with Crippen molar-refractivity contribution in [3.05, 3.63) is 58.6 Å². The van der Waals surface area contributed by atoms with Gasteiger partial charge in [-0.1, -0.05) is 18.2 Å². The number of fused-ring (bicyclic) bond motifs is 2. The molecule has 0 saturated heterocycles. The molecule has 0 atom stereocenters. The topological polar surface area (TPSA) is 24.8 Å². The fourth-order valence-corrected chi connectivity index (χ4v) is 2.47. The third-order valence-electron chi connectivity index (χ3n) is 3.19. The van der Waals surface area contributed by atoms with Gasteiger partial charge in [-0.3, -0.25) is 4.90 Å². The highest BCUT2D eigenvalue weighted by Crippen LogP contribution is 2.23. The van der Waals surface area contributed by atoms with Crippen LogP contribution in [0.4, 0.5) is 0 Å². The van der Waals surface area contributed by atoms with Gasteiger partial charge >= 0.3 is 0 Å². The monoisotopic (exact) mass is 210 g/mol. The molecule has 4 rings (SSSR count). The molecule has 3 heteroatoms. The molecular formula is C13H10N2O. The number of nitrogens with zero attached hydrogens (tertiary/aromatic N) is 2. The maximum Gasteiger partial charge on any atom is 0.171 e. The van der Waals surface area contributed by atoms with E-state index in [0.29, 0.717) is 6.73 Å². The molecule has 2 heterocycles. The van der Waals surface area contributed by atoms with Gasteiger partial charge in [0.05, 0.1) is 11.1 Å². The molecule has 0 fully saturated rings. The third-order valence-corrected chi connectivity index (χ3v) is 3.19. The van der Waals surface area contributed by atoms with Crippen LogP contribution >= 0.6 is 0 Å². The second-order valence-electron chi connectivity index (χ2n) is 4.11. The second-order valence-corrected chi connectivity index (χ2v) is 4.11. The van der Waals surface area contributed by atoms with Gasteiger partial charge in [0.25, 0.3) is 0 Å². The Hall–Kier alpha value is -2.03. The maximum absolute atomic E-state index is 5.33. The van der Waals surface area contributed by atoms with Gasteiger partial charge in [0.15, 0.2) is 12.6 Å². The van der Waals surface area contributed by atoms with E-state index in [9.17, 15) is 0 Å². The zero-order valence-electron chi connectivity index (χ0n) is 8.68. The van der Waals surface area contributed by atoms with Gasteiger partial charge in [-0.2, -0.15) is 0 Å². The van der Waals surface area contributed by atoms with Crippen LogP contribution in [0.2, 0.25) is 0 Å². The van der Waals surface area contributed by atoms with E-state index in [0.717, 1.165) is 17.6 Å². The van der Waals surface area contributed by atoms with Gasteiger partial charge in [0.1, 0.15) is 6.26 Å². The summed E-state index contributed by atoms with van der Waals surface area (Å²) in [5.74, 6) is 0.909. The van der Waals surface area contributed by atoms with E-state index < -0.39 is 0 Å². The van der Waals surface area contributed by atoms with Crippen molar-refractivity contribution in [2.24, 2.45) is 4.99 Å².